The average Bonchev–Trinajstić information content (AvgIpc) is 3.34. The first-order chi connectivity index (χ1) is 12.7. The molecule has 0 radical (unpaired) electrons. The van der Waals surface area contributed by atoms with E-state index in [0.29, 0.717) is 28.8 Å². The first kappa shape index (κ1) is 16.6. The van der Waals surface area contributed by atoms with Crippen LogP contribution in [0.4, 0.5) is 4.39 Å². The van der Waals surface area contributed by atoms with Crippen LogP contribution in [0.2, 0.25) is 0 Å². The highest BCUT2D eigenvalue weighted by Gasteiger charge is 2.20. The zero-order valence-electron chi connectivity index (χ0n) is 14.4. The third-order valence-electron chi connectivity index (χ3n) is 4.53. The summed E-state index contributed by atoms with van der Waals surface area (Å²) in [5, 5.41) is 4.04. The van der Waals surface area contributed by atoms with E-state index in [1.165, 1.54) is 25.0 Å². The van der Waals surface area contributed by atoms with Crippen molar-refractivity contribution in [3.8, 4) is 34.3 Å². The predicted octanol–water partition coefficient (Wildman–Crippen LogP) is 4.87. The van der Waals surface area contributed by atoms with Crippen LogP contribution in [-0.4, -0.2) is 23.4 Å². The Bertz CT molecular complexity index is 886. The molecule has 1 fully saturated rings. The maximum atomic E-state index is 13.1. The second-order valence-corrected chi connectivity index (χ2v) is 6.32. The minimum atomic E-state index is -0.308. The van der Waals surface area contributed by atoms with Crippen molar-refractivity contribution in [3.05, 3.63) is 48.3 Å². The fourth-order valence-electron chi connectivity index (χ4n) is 3.14. The average molecular weight is 354 g/mol. The van der Waals surface area contributed by atoms with Gasteiger partial charge in [0, 0.05) is 11.1 Å². The molecule has 3 aromatic rings. The maximum Gasteiger partial charge on any atom is 0.258 e. The molecule has 0 bridgehead atoms. The highest BCUT2D eigenvalue weighted by atomic mass is 19.1. The molecular formula is C20H19FN2O3. The summed E-state index contributed by atoms with van der Waals surface area (Å²) in [7, 11) is 1.62. The van der Waals surface area contributed by atoms with Crippen LogP contribution in [-0.2, 0) is 0 Å². The van der Waals surface area contributed by atoms with Crippen molar-refractivity contribution in [2.24, 2.45) is 0 Å². The minimum Gasteiger partial charge on any atom is -0.493 e. The molecule has 0 amide bonds. The summed E-state index contributed by atoms with van der Waals surface area (Å²) in [4.78, 5) is 4.41. The topological polar surface area (TPSA) is 57.4 Å². The van der Waals surface area contributed by atoms with E-state index >= 15 is 0 Å². The zero-order chi connectivity index (χ0) is 17.9. The van der Waals surface area contributed by atoms with Gasteiger partial charge in [-0.1, -0.05) is 5.16 Å². The second-order valence-electron chi connectivity index (χ2n) is 6.32. The van der Waals surface area contributed by atoms with Crippen LogP contribution in [0, 0.1) is 5.82 Å². The van der Waals surface area contributed by atoms with Crippen LogP contribution >= 0.6 is 0 Å². The highest BCUT2D eigenvalue weighted by Crippen LogP contribution is 2.35. The number of nitrogens with zero attached hydrogens (tertiary/aromatic N) is 2. The van der Waals surface area contributed by atoms with Crippen molar-refractivity contribution in [2.75, 3.05) is 7.11 Å². The Balaban J connectivity index is 1.62. The molecule has 5 nitrogen and oxygen atoms in total. The monoisotopic (exact) mass is 354 g/mol. The van der Waals surface area contributed by atoms with E-state index < -0.39 is 0 Å². The number of hydrogen-bond donors (Lipinski definition) is 0. The van der Waals surface area contributed by atoms with Crippen molar-refractivity contribution < 1.29 is 18.4 Å². The molecule has 134 valence electrons. The van der Waals surface area contributed by atoms with Crippen molar-refractivity contribution in [3.63, 3.8) is 0 Å². The van der Waals surface area contributed by atoms with Crippen LogP contribution < -0.4 is 9.47 Å². The van der Waals surface area contributed by atoms with Crippen molar-refractivity contribution in [2.45, 2.75) is 31.8 Å². The van der Waals surface area contributed by atoms with E-state index in [1.54, 1.807) is 19.2 Å². The number of hydrogen-bond acceptors (Lipinski definition) is 5. The molecule has 0 spiro atoms. The molecule has 1 heterocycles. The van der Waals surface area contributed by atoms with E-state index in [9.17, 15) is 4.39 Å². The van der Waals surface area contributed by atoms with E-state index in [1.807, 2.05) is 18.2 Å². The molecule has 0 aliphatic heterocycles. The molecule has 1 aliphatic rings. The van der Waals surface area contributed by atoms with E-state index in [2.05, 4.69) is 10.1 Å². The van der Waals surface area contributed by atoms with Gasteiger partial charge in [-0.2, -0.15) is 4.98 Å². The first-order valence-corrected chi connectivity index (χ1v) is 8.67. The molecule has 6 heteroatoms. The fourth-order valence-corrected chi connectivity index (χ4v) is 3.14. The largest absolute Gasteiger partial charge is 0.493 e. The Labute approximate surface area is 150 Å². The van der Waals surface area contributed by atoms with Gasteiger partial charge in [0.2, 0.25) is 5.82 Å². The SMILES string of the molecule is COc1ccc(-c2noc(-c3ccc(F)cc3)n2)cc1OC1CCCC1. The van der Waals surface area contributed by atoms with Gasteiger partial charge in [-0.25, -0.2) is 4.39 Å². The molecule has 26 heavy (non-hydrogen) atoms. The van der Waals surface area contributed by atoms with Gasteiger partial charge >= 0.3 is 0 Å². The smallest absolute Gasteiger partial charge is 0.258 e. The van der Waals surface area contributed by atoms with Crippen molar-refractivity contribution in [1.29, 1.82) is 0 Å². The van der Waals surface area contributed by atoms with Crippen LogP contribution in [0.25, 0.3) is 22.8 Å². The number of ether oxygens (including phenoxy) is 2. The molecule has 2 aromatic carbocycles. The van der Waals surface area contributed by atoms with Crippen LogP contribution in [0.1, 0.15) is 25.7 Å². The van der Waals surface area contributed by atoms with Gasteiger partial charge in [-0.05, 0) is 68.1 Å². The van der Waals surface area contributed by atoms with Crippen LogP contribution in [0.3, 0.4) is 0 Å². The number of benzene rings is 2. The minimum absolute atomic E-state index is 0.221. The molecule has 0 saturated heterocycles. The van der Waals surface area contributed by atoms with E-state index in [-0.39, 0.29) is 11.9 Å². The number of halogens is 1. The lowest BCUT2D eigenvalue weighted by molar-refractivity contribution is 0.201. The maximum absolute atomic E-state index is 13.1. The summed E-state index contributed by atoms with van der Waals surface area (Å²) in [6, 6.07) is 11.5. The number of aromatic nitrogens is 2. The van der Waals surface area contributed by atoms with E-state index in [0.717, 1.165) is 18.4 Å². The molecule has 4 rings (SSSR count). The van der Waals surface area contributed by atoms with Gasteiger partial charge in [0.1, 0.15) is 5.82 Å². The lowest BCUT2D eigenvalue weighted by atomic mass is 10.2. The standard InChI is InChI=1S/C20H19FN2O3/c1-24-17-11-8-14(12-18(17)25-16-4-2-3-5-16)19-22-20(26-23-19)13-6-9-15(21)10-7-13/h6-12,16H,2-5H2,1H3. The highest BCUT2D eigenvalue weighted by molar-refractivity contribution is 5.63. The Kier molecular flexibility index (Phi) is 4.56. The molecule has 1 aliphatic carbocycles. The second kappa shape index (κ2) is 7.15. The summed E-state index contributed by atoms with van der Waals surface area (Å²) in [6.07, 6.45) is 4.73. The summed E-state index contributed by atoms with van der Waals surface area (Å²) in [5.74, 6) is 1.85. The summed E-state index contributed by atoms with van der Waals surface area (Å²) < 4.78 is 29.9. The lowest BCUT2D eigenvalue weighted by Crippen LogP contribution is -2.11. The van der Waals surface area contributed by atoms with E-state index in [4.69, 9.17) is 14.0 Å². The molecule has 0 atom stereocenters. The van der Waals surface area contributed by atoms with Gasteiger partial charge in [-0.3, -0.25) is 0 Å². The van der Waals surface area contributed by atoms with Gasteiger partial charge in [0.15, 0.2) is 11.5 Å². The third-order valence-corrected chi connectivity index (χ3v) is 4.53. The van der Waals surface area contributed by atoms with Crippen LogP contribution in [0.5, 0.6) is 11.5 Å². The normalized spacial score (nSPS) is 14.5. The Hall–Kier alpha value is -2.89. The Morgan fingerprint density at radius 2 is 1.73 bits per heavy atom. The number of methoxy groups -OCH3 is 1. The van der Waals surface area contributed by atoms with Gasteiger partial charge in [0.05, 0.1) is 13.2 Å². The summed E-state index contributed by atoms with van der Waals surface area (Å²) in [6.45, 7) is 0. The van der Waals surface area contributed by atoms with Gasteiger partial charge in [0.25, 0.3) is 5.89 Å². The molecule has 1 aromatic heterocycles. The van der Waals surface area contributed by atoms with Gasteiger partial charge < -0.3 is 14.0 Å². The van der Waals surface area contributed by atoms with Gasteiger partial charge in [-0.15, -0.1) is 0 Å². The van der Waals surface area contributed by atoms with Crippen LogP contribution in [0.15, 0.2) is 47.0 Å². The van der Waals surface area contributed by atoms with Crippen molar-refractivity contribution >= 4 is 0 Å². The summed E-state index contributed by atoms with van der Waals surface area (Å²) >= 11 is 0. The lowest BCUT2D eigenvalue weighted by Gasteiger charge is -2.16. The third kappa shape index (κ3) is 3.40. The molecule has 0 N–H and O–H groups in total. The molecular weight excluding hydrogens is 335 g/mol. The molecule has 0 unspecified atom stereocenters. The van der Waals surface area contributed by atoms with Crippen molar-refractivity contribution in [1.82, 2.24) is 10.1 Å². The summed E-state index contributed by atoms with van der Waals surface area (Å²) in [5.41, 5.74) is 1.44. The quantitative estimate of drug-likeness (QED) is 0.654. The zero-order valence-corrected chi connectivity index (χ0v) is 14.4. The Morgan fingerprint density at radius 1 is 1.00 bits per heavy atom. The predicted molar refractivity (Wildman–Crippen MR) is 94.6 cm³/mol. The number of rotatable bonds is 5. The Morgan fingerprint density at radius 3 is 2.46 bits per heavy atom. The first-order valence-electron chi connectivity index (χ1n) is 8.67. The molecule has 1 saturated carbocycles. The fraction of sp³-hybridized carbons (Fsp3) is 0.300.